The number of nitrogens with one attached hydrogen (secondary N) is 5. The van der Waals surface area contributed by atoms with Crippen LogP contribution in [0.2, 0.25) is 10.0 Å². The molecular weight excluding hydrogens is 1510 g/mol. The van der Waals surface area contributed by atoms with Crippen molar-refractivity contribution in [3.8, 4) is 5.75 Å². The molecule has 0 radical (unpaired) electrons. The first kappa shape index (κ1) is 84.3. The predicted octanol–water partition coefficient (Wildman–Crippen LogP) is 15.7. The highest BCUT2D eigenvalue weighted by Crippen LogP contribution is 2.35. The van der Waals surface area contributed by atoms with Gasteiger partial charge in [0.1, 0.15) is 17.6 Å². The molecule has 10 aromatic carbocycles. The van der Waals surface area contributed by atoms with E-state index in [0.29, 0.717) is 66.2 Å². The van der Waals surface area contributed by atoms with Gasteiger partial charge in [-0.25, -0.2) is 29.9 Å². The fraction of sp³-hybridized carbons (Fsp3) is 0.231. The minimum absolute atomic E-state index is 0. The van der Waals surface area contributed by atoms with Gasteiger partial charge in [-0.05, 0) is 232 Å². The number of carbonyl (C=O) groups is 5. The Kier molecular flexibility index (Phi) is 28.9. The second-order valence-corrected chi connectivity index (χ2v) is 30.7. The Morgan fingerprint density at radius 2 is 0.765 bits per heavy atom. The molecule has 11 aromatic rings. The van der Waals surface area contributed by atoms with E-state index in [1.165, 1.54) is 38.9 Å². The van der Waals surface area contributed by atoms with Gasteiger partial charge in [0.15, 0.2) is 5.69 Å². The van der Waals surface area contributed by atoms with Gasteiger partial charge in [0.2, 0.25) is 0 Å². The third-order valence-corrected chi connectivity index (χ3v) is 20.9. The second-order valence-electron chi connectivity index (χ2n) is 28.7. The summed E-state index contributed by atoms with van der Waals surface area (Å²) < 4.78 is 32.5. The van der Waals surface area contributed by atoms with Gasteiger partial charge >= 0.3 is 10.3 Å². The second kappa shape index (κ2) is 39.4. The summed E-state index contributed by atoms with van der Waals surface area (Å²) in [5, 5.41) is 16.0. The lowest BCUT2D eigenvalue weighted by atomic mass is 9.92. The highest BCUT2D eigenvalue weighted by Gasteiger charge is 2.32. The summed E-state index contributed by atoms with van der Waals surface area (Å²) in [7, 11) is -4.06. The Balaban J connectivity index is 0.000000142. The van der Waals surface area contributed by atoms with E-state index in [4.69, 9.17) is 43.5 Å². The molecule has 24 heteroatoms. The number of aryl methyl sites for hydroxylation is 5. The first-order valence-corrected chi connectivity index (χ1v) is 39.8. The monoisotopic (exact) mass is 1600 g/mol. The molecule has 1 atom stereocenters. The van der Waals surface area contributed by atoms with E-state index in [-0.39, 0.29) is 48.8 Å². The molecule has 0 spiro atoms. The number of amides is 5. The number of hydrazine groups is 5. The molecule has 6 heterocycles. The maximum Gasteiger partial charge on any atom is 0.380 e. The van der Waals surface area contributed by atoms with Crippen LogP contribution in [0.1, 0.15) is 154 Å². The zero-order chi connectivity index (χ0) is 80.4. The Morgan fingerprint density at radius 1 is 0.409 bits per heavy atom. The van der Waals surface area contributed by atoms with Gasteiger partial charge in [0.25, 0.3) is 29.5 Å². The average Bonchev–Trinajstić information content (AvgIpc) is 1.77. The van der Waals surface area contributed by atoms with Crippen LogP contribution in [0.25, 0.3) is 4.85 Å². The quantitative estimate of drug-likeness (QED) is 0.0588. The van der Waals surface area contributed by atoms with Gasteiger partial charge in [-0.2, -0.15) is 13.6 Å². The average molecular weight is 1600 g/mol. The summed E-state index contributed by atoms with van der Waals surface area (Å²) in [5.74, 6) is 0.485. The summed E-state index contributed by atoms with van der Waals surface area (Å²) in [5.41, 5.74) is 36.2. The highest BCUT2D eigenvalue weighted by atomic mass is 35.5. The summed E-state index contributed by atoms with van der Waals surface area (Å²) in [6, 6.07) is 72.4. The molecule has 21 nitrogen and oxygen atoms in total. The maximum atomic E-state index is 12.7. The summed E-state index contributed by atoms with van der Waals surface area (Å²) in [4.78, 5) is 65.1. The summed E-state index contributed by atoms with van der Waals surface area (Å²) in [6.45, 7) is 23.4. The number of furan rings is 1. The zero-order valence-electron chi connectivity index (χ0n) is 64.1. The van der Waals surface area contributed by atoms with Crippen molar-refractivity contribution in [1.29, 1.82) is 0 Å². The van der Waals surface area contributed by atoms with Gasteiger partial charge < -0.3 is 8.60 Å². The van der Waals surface area contributed by atoms with Crippen LogP contribution in [-0.4, -0.2) is 95.7 Å². The number of hydrogen-bond acceptors (Lipinski definition) is 14. The molecule has 0 aliphatic carbocycles. The molecule has 0 bridgehead atoms. The van der Waals surface area contributed by atoms with Crippen molar-refractivity contribution < 1.29 is 41.0 Å². The predicted molar refractivity (Wildman–Crippen MR) is 450 cm³/mol. The van der Waals surface area contributed by atoms with E-state index in [9.17, 15) is 32.4 Å². The molecule has 115 heavy (non-hydrogen) atoms. The molecule has 592 valence electrons. The fourth-order valence-corrected chi connectivity index (χ4v) is 14.5. The van der Waals surface area contributed by atoms with Crippen LogP contribution in [0.5, 0.6) is 5.75 Å². The number of halogens is 2. The number of fused-ring (bicyclic) bond motifs is 5. The molecule has 16 rings (SSSR count). The van der Waals surface area contributed by atoms with Crippen molar-refractivity contribution in [2.45, 2.75) is 106 Å². The van der Waals surface area contributed by atoms with Crippen LogP contribution in [0.15, 0.2) is 241 Å². The van der Waals surface area contributed by atoms with E-state index in [2.05, 4.69) is 56.2 Å². The molecule has 5 aliphatic heterocycles. The van der Waals surface area contributed by atoms with E-state index >= 15 is 0 Å². The lowest BCUT2D eigenvalue weighted by Crippen LogP contribution is -2.48. The van der Waals surface area contributed by atoms with E-state index in [0.717, 1.165) is 119 Å². The smallest absolute Gasteiger partial charge is 0.380 e. The molecule has 7 N–H and O–H groups in total. The van der Waals surface area contributed by atoms with Crippen LogP contribution in [0.3, 0.4) is 0 Å². The van der Waals surface area contributed by atoms with Crippen LogP contribution in [0.4, 0.5) is 5.69 Å². The number of rotatable bonds is 13. The summed E-state index contributed by atoms with van der Waals surface area (Å²) >= 11 is 12.0. The van der Waals surface area contributed by atoms with Crippen molar-refractivity contribution in [3.63, 3.8) is 0 Å². The molecule has 5 amide bonds. The lowest BCUT2D eigenvalue weighted by molar-refractivity contribution is 0.0680. The highest BCUT2D eigenvalue weighted by molar-refractivity contribution is 7.84. The van der Waals surface area contributed by atoms with Crippen LogP contribution < -0.4 is 36.5 Å². The van der Waals surface area contributed by atoms with Crippen molar-refractivity contribution in [3.05, 3.63) is 375 Å². The van der Waals surface area contributed by atoms with Crippen molar-refractivity contribution in [2.24, 2.45) is 5.14 Å². The molecular formula is C91H94Cl2N12O9S. The van der Waals surface area contributed by atoms with E-state index < -0.39 is 10.3 Å². The minimum Gasteiger partial charge on any atom is -0.467 e. The first-order chi connectivity index (χ1) is 54.9. The fourth-order valence-electron chi connectivity index (χ4n) is 13.8. The normalized spacial score (nSPS) is 14.9. The Bertz CT molecular complexity index is 5400. The Labute approximate surface area is 682 Å². The topological polar surface area (TPSA) is 249 Å². The standard InChI is InChI=1S/C21H20N2O2.C18H17N3O.2C17H17ClN2O.C17H19N3O4S.CH4/c1-15-8-10-17(11-9-15)21(24)22-23-13-12-16-5-2-3-6-18(16)20(23)19-7-4-14-25-19;1-13-3-5-15(6-4-13)18(22)20-21-10-9-14-7-8-17(19-2)11-16(14)12-21;1-12-2-4-14(5-3-12)17(21)19-20-9-8-13-6-7-16(18)10-15(13)11-20;1-12-2-4-13(5-3-12)17(21)19-20-9-8-14-10-16(18)7-6-15(14)11-20;1-12-2-4-14(5-3-12)17(21)19-20-9-8-13-6-7-16(10-15(13)11-20)24-25(18,22)23;/h2-11,14,20H,12-13H2,1H3,(H,22,24);3-8,11H,9-10,12H2,1H3,(H,20,22);2*2-7,10H,8-9,11H2,1H3,(H,19,21);2-7,10H,8-9,11H2,1H3,(H,19,21)(H2,18,22,23);1H4. The van der Waals surface area contributed by atoms with Crippen molar-refractivity contribution >= 4 is 68.7 Å². The molecule has 0 saturated heterocycles. The van der Waals surface area contributed by atoms with Crippen molar-refractivity contribution in [1.82, 2.24) is 52.2 Å². The van der Waals surface area contributed by atoms with Crippen LogP contribution >= 0.6 is 23.2 Å². The third-order valence-electron chi connectivity index (χ3n) is 20.0. The van der Waals surface area contributed by atoms with Crippen molar-refractivity contribution in [2.75, 3.05) is 32.7 Å². The molecule has 0 saturated carbocycles. The number of nitrogens with two attached hydrogens (primary N) is 1. The molecule has 0 fully saturated rings. The SMILES string of the molecule is C.Cc1ccc(C(=O)NN2CCc3cc(Cl)ccc3C2)cc1.Cc1ccc(C(=O)NN2CCc3ccc(Cl)cc3C2)cc1.Cc1ccc(C(=O)NN2CCc3ccc(OS(N)(=O)=O)cc3C2)cc1.Cc1ccc(C(=O)NN2CCc3ccccc3C2c2ccco2)cc1.[C-]#[N+]c1ccc2c(c1)CN(NC(=O)c1ccc(C)cc1)CC2. The van der Waals surface area contributed by atoms with Gasteiger partial charge in [0, 0.05) is 96.8 Å². The number of carbonyl (C=O) groups excluding carboxylic acids is 5. The lowest BCUT2D eigenvalue weighted by Gasteiger charge is -2.36. The molecule has 1 unspecified atom stereocenters. The number of hydrogen-bond donors (Lipinski definition) is 6. The Morgan fingerprint density at radius 3 is 1.18 bits per heavy atom. The molecule has 5 aliphatic rings. The van der Waals surface area contributed by atoms with Gasteiger partial charge in [0.05, 0.1) is 12.8 Å². The zero-order valence-corrected chi connectivity index (χ0v) is 66.4. The van der Waals surface area contributed by atoms with Gasteiger partial charge in [-0.15, -0.1) is 0 Å². The number of benzene rings is 10. The van der Waals surface area contributed by atoms with E-state index in [1.54, 1.807) is 35.5 Å². The molecule has 1 aromatic heterocycles. The van der Waals surface area contributed by atoms with E-state index in [1.807, 2.05) is 237 Å². The number of nitrogens with zero attached hydrogens (tertiary/aromatic N) is 6. The Hall–Kier alpha value is -11.6. The van der Waals surface area contributed by atoms with Gasteiger partial charge in [-0.1, -0.05) is 180 Å². The first-order valence-electron chi connectivity index (χ1n) is 37.5. The minimum atomic E-state index is -4.06. The maximum absolute atomic E-state index is 12.7. The van der Waals surface area contributed by atoms with Crippen LogP contribution in [-0.2, 0) is 68.6 Å². The third kappa shape index (κ3) is 23.8. The van der Waals surface area contributed by atoms with Gasteiger partial charge in [-0.3, -0.25) is 51.1 Å². The van der Waals surface area contributed by atoms with Crippen LogP contribution in [0, 0.1) is 41.2 Å². The largest absolute Gasteiger partial charge is 0.467 e. The summed E-state index contributed by atoms with van der Waals surface area (Å²) in [6.07, 6.45) is 5.99.